The van der Waals surface area contributed by atoms with Gasteiger partial charge in [-0.1, -0.05) is 6.07 Å². The van der Waals surface area contributed by atoms with Crippen molar-refractivity contribution in [2.75, 3.05) is 6.54 Å². The summed E-state index contributed by atoms with van der Waals surface area (Å²) in [5, 5.41) is 9.16. The van der Waals surface area contributed by atoms with E-state index in [0.29, 0.717) is 16.7 Å². The van der Waals surface area contributed by atoms with Crippen molar-refractivity contribution in [1.82, 2.24) is 24.8 Å². The first-order valence-electron chi connectivity index (χ1n) is 8.17. The van der Waals surface area contributed by atoms with Gasteiger partial charge >= 0.3 is 6.18 Å². The summed E-state index contributed by atoms with van der Waals surface area (Å²) in [4.78, 5) is 11.4. The van der Waals surface area contributed by atoms with Gasteiger partial charge in [0.1, 0.15) is 0 Å². The first-order valence-corrected chi connectivity index (χ1v) is 10.1. The number of hydrogen-bond donors (Lipinski definition) is 3. The maximum Gasteiger partial charge on any atom is 0.416 e. The highest BCUT2D eigenvalue weighted by molar-refractivity contribution is 7.89. The molecule has 152 valence electrons. The average Bonchev–Trinajstić information content (AvgIpc) is 3.40. The summed E-state index contributed by atoms with van der Waals surface area (Å²) in [5.74, 6) is -0.145. The molecule has 0 aliphatic heterocycles. The molecule has 0 radical (unpaired) electrons. The van der Waals surface area contributed by atoms with E-state index >= 15 is 0 Å². The lowest BCUT2D eigenvalue weighted by Crippen LogP contribution is -2.37. The maximum absolute atomic E-state index is 12.7. The second-order valence-corrected chi connectivity index (χ2v) is 8.33. The Morgan fingerprint density at radius 3 is 2.71 bits per heavy atom. The van der Waals surface area contributed by atoms with Crippen LogP contribution in [0.5, 0.6) is 0 Å². The van der Waals surface area contributed by atoms with Gasteiger partial charge < -0.3 is 5.32 Å². The van der Waals surface area contributed by atoms with Crippen LogP contribution in [0.25, 0.3) is 0 Å². The number of alkyl halides is 3. The molecule has 1 amide bonds. The molecule has 13 heteroatoms. The van der Waals surface area contributed by atoms with Crippen molar-refractivity contribution in [2.24, 2.45) is 0 Å². The molecule has 0 atom stereocenters. The highest BCUT2D eigenvalue weighted by Gasteiger charge is 2.32. The van der Waals surface area contributed by atoms with Crippen molar-refractivity contribution >= 4 is 28.1 Å². The SMILES string of the molecule is O=C(CNS(=O)(=O)c1cccc(C(F)(F)F)c1)NCc1n[nH]c(=S)n1C1CC1. The number of aromatic amines is 1. The Balaban J connectivity index is 1.59. The van der Waals surface area contributed by atoms with Crippen LogP contribution in [-0.4, -0.2) is 35.6 Å². The lowest BCUT2D eigenvalue weighted by atomic mass is 10.2. The molecule has 28 heavy (non-hydrogen) atoms. The van der Waals surface area contributed by atoms with Crippen molar-refractivity contribution in [3.63, 3.8) is 0 Å². The highest BCUT2D eigenvalue weighted by atomic mass is 32.2. The Morgan fingerprint density at radius 2 is 2.07 bits per heavy atom. The number of carbonyl (C=O) groups excluding carboxylic acids is 1. The summed E-state index contributed by atoms with van der Waals surface area (Å²) in [5.41, 5.74) is -1.09. The summed E-state index contributed by atoms with van der Waals surface area (Å²) in [6.45, 7) is -0.596. The van der Waals surface area contributed by atoms with Crippen molar-refractivity contribution in [2.45, 2.75) is 36.5 Å². The van der Waals surface area contributed by atoms with E-state index in [1.807, 2.05) is 4.72 Å². The van der Waals surface area contributed by atoms with Crippen LogP contribution < -0.4 is 10.0 Å². The lowest BCUT2D eigenvalue weighted by Gasteiger charge is -2.11. The van der Waals surface area contributed by atoms with E-state index in [1.54, 1.807) is 4.57 Å². The number of hydrogen-bond acceptors (Lipinski definition) is 5. The number of amides is 1. The molecule has 1 aliphatic rings. The molecule has 0 bridgehead atoms. The van der Waals surface area contributed by atoms with Gasteiger partial charge in [0.05, 0.1) is 23.5 Å². The van der Waals surface area contributed by atoms with Crippen LogP contribution in [0.15, 0.2) is 29.2 Å². The smallest absolute Gasteiger partial charge is 0.348 e. The Kier molecular flexibility index (Phi) is 5.59. The van der Waals surface area contributed by atoms with E-state index in [4.69, 9.17) is 12.2 Å². The minimum atomic E-state index is -4.67. The van der Waals surface area contributed by atoms with Gasteiger partial charge in [0.25, 0.3) is 0 Å². The molecule has 1 aliphatic carbocycles. The van der Waals surface area contributed by atoms with Crippen molar-refractivity contribution in [1.29, 1.82) is 0 Å². The summed E-state index contributed by atoms with van der Waals surface area (Å²) >= 11 is 5.12. The number of carbonyl (C=O) groups is 1. The molecule has 1 fully saturated rings. The Morgan fingerprint density at radius 1 is 1.36 bits per heavy atom. The van der Waals surface area contributed by atoms with Crippen LogP contribution in [0.3, 0.4) is 0 Å². The number of H-pyrrole nitrogens is 1. The van der Waals surface area contributed by atoms with E-state index in [0.717, 1.165) is 31.0 Å². The molecular formula is C15H16F3N5O3S2. The quantitative estimate of drug-likeness (QED) is 0.576. The minimum absolute atomic E-state index is 0.0355. The summed E-state index contributed by atoms with van der Waals surface area (Å²) < 4.78 is 66.7. The average molecular weight is 435 g/mol. The predicted octanol–water partition coefficient (Wildman–Crippen LogP) is 1.89. The molecule has 0 spiro atoms. The standard InChI is InChI=1S/C15H16F3N5O3S2/c16-15(17,18)9-2-1-3-11(6-9)28(25,26)20-8-13(24)19-7-12-21-22-14(27)23(12)10-4-5-10/h1-3,6,10,20H,4-5,7-8H2,(H,19,24)(H,22,27). The van der Waals surface area contributed by atoms with E-state index < -0.39 is 39.1 Å². The molecule has 0 unspecified atom stereocenters. The summed E-state index contributed by atoms with van der Waals surface area (Å²) in [6.07, 6.45) is -2.75. The van der Waals surface area contributed by atoms with Crippen molar-refractivity contribution in [3.8, 4) is 0 Å². The highest BCUT2D eigenvalue weighted by Crippen LogP contribution is 2.35. The first kappa shape index (κ1) is 20.5. The molecular weight excluding hydrogens is 419 g/mol. The summed E-state index contributed by atoms with van der Waals surface area (Å²) in [7, 11) is -4.28. The minimum Gasteiger partial charge on any atom is -0.348 e. The van der Waals surface area contributed by atoms with E-state index in [9.17, 15) is 26.4 Å². The molecule has 0 saturated heterocycles. The molecule has 3 N–H and O–H groups in total. The largest absolute Gasteiger partial charge is 0.416 e. The van der Waals surface area contributed by atoms with Gasteiger partial charge in [0, 0.05) is 6.04 Å². The predicted molar refractivity (Wildman–Crippen MR) is 94.2 cm³/mol. The normalized spacial score (nSPS) is 14.8. The molecule has 1 heterocycles. The van der Waals surface area contributed by atoms with Gasteiger partial charge in [-0.3, -0.25) is 14.5 Å². The van der Waals surface area contributed by atoms with Crippen molar-refractivity contribution < 1.29 is 26.4 Å². The number of sulfonamides is 1. The van der Waals surface area contributed by atoms with Gasteiger partial charge in [-0.25, -0.2) is 13.1 Å². The van der Waals surface area contributed by atoms with Crippen LogP contribution in [-0.2, 0) is 27.5 Å². The van der Waals surface area contributed by atoms with Gasteiger partial charge in [-0.2, -0.15) is 18.3 Å². The number of aromatic nitrogens is 3. The zero-order valence-corrected chi connectivity index (χ0v) is 15.9. The molecule has 1 aromatic heterocycles. The Labute approximate surface area is 163 Å². The van der Waals surface area contributed by atoms with Crippen LogP contribution in [0.1, 0.15) is 30.3 Å². The molecule has 3 rings (SSSR count). The monoisotopic (exact) mass is 435 g/mol. The first-order chi connectivity index (χ1) is 13.1. The fraction of sp³-hybridized carbons (Fsp3) is 0.400. The zero-order valence-electron chi connectivity index (χ0n) is 14.3. The second kappa shape index (κ2) is 7.64. The van der Waals surface area contributed by atoms with E-state index in [1.165, 1.54) is 0 Å². The number of nitrogens with zero attached hydrogens (tertiary/aromatic N) is 2. The van der Waals surface area contributed by atoms with Gasteiger partial charge in [-0.05, 0) is 43.3 Å². The topological polar surface area (TPSA) is 109 Å². The second-order valence-electron chi connectivity index (χ2n) is 6.17. The van der Waals surface area contributed by atoms with Gasteiger partial charge in [0.2, 0.25) is 15.9 Å². The van der Waals surface area contributed by atoms with E-state index in [2.05, 4.69) is 15.5 Å². The number of halogens is 3. The third-order valence-corrected chi connectivity index (χ3v) is 5.71. The lowest BCUT2D eigenvalue weighted by molar-refractivity contribution is -0.137. The van der Waals surface area contributed by atoms with E-state index in [-0.39, 0.29) is 12.6 Å². The number of nitrogens with one attached hydrogen (secondary N) is 3. The number of benzene rings is 1. The van der Waals surface area contributed by atoms with Gasteiger partial charge in [-0.15, -0.1) is 0 Å². The van der Waals surface area contributed by atoms with Crippen LogP contribution in [0, 0.1) is 4.77 Å². The Bertz CT molecular complexity index is 1040. The molecule has 1 saturated carbocycles. The third-order valence-electron chi connectivity index (χ3n) is 4.03. The Hall–Kier alpha value is -2.25. The zero-order chi connectivity index (χ0) is 20.5. The molecule has 8 nitrogen and oxygen atoms in total. The van der Waals surface area contributed by atoms with Crippen LogP contribution in [0.4, 0.5) is 13.2 Å². The van der Waals surface area contributed by atoms with Crippen LogP contribution in [0.2, 0.25) is 0 Å². The van der Waals surface area contributed by atoms with Crippen LogP contribution >= 0.6 is 12.2 Å². The molecule has 1 aromatic carbocycles. The van der Waals surface area contributed by atoms with Crippen molar-refractivity contribution in [3.05, 3.63) is 40.4 Å². The van der Waals surface area contributed by atoms with Gasteiger partial charge in [0.15, 0.2) is 10.6 Å². The fourth-order valence-electron chi connectivity index (χ4n) is 2.49. The molecule has 2 aromatic rings. The number of rotatable bonds is 7. The fourth-order valence-corrected chi connectivity index (χ4v) is 3.82. The third kappa shape index (κ3) is 4.77. The maximum atomic E-state index is 12.7. The summed E-state index contributed by atoms with van der Waals surface area (Å²) in [6, 6.07) is 3.52.